The highest BCUT2D eigenvalue weighted by Crippen LogP contribution is 2.37. The molecule has 3 aromatic rings. The van der Waals surface area contributed by atoms with E-state index in [4.69, 9.17) is 0 Å². The van der Waals surface area contributed by atoms with Crippen molar-refractivity contribution in [1.29, 1.82) is 0 Å². The molecule has 1 fully saturated rings. The van der Waals surface area contributed by atoms with Gasteiger partial charge in [-0.15, -0.1) is 11.3 Å². The molecular weight excluding hydrogens is 342 g/mol. The Kier molecular flexibility index (Phi) is 3.54. The molecule has 1 amide bonds. The molecule has 128 valence electrons. The molecule has 5 rings (SSSR count). The van der Waals surface area contributed by atoms with Gasteiger partial charge in [-0.05, 0) is 47.5 Å². The Morgan fingerprint density at radius 2 is 1.73 bits per heavy atom. The van der Waals surface area contributed by atoms with Gasteiger partial charge >= 0.3 is 0 Å². The topological polar surface area (TPSA) is 37.4 Å². The highest BCUT2D eigenvalue weighted by molar-refractivity contribution is 7.09. The third-order valence-corrected chi connectivity index (χ3v) is 5.99. The quantitative estimate of drug-likeness (QED) is 0.527. The molecule has 0 N–H and O–H groups in total. The lowest BCUT2D eigenvalue weighted by molar-refractivity contribution is 0.0731. The molecular formula is C22H17NO2S. The van der Waals surface area contributed by atoms with Crippen LogP contribution in [-0.4, -0.2) is 22.6 Å². The fourth-order valence-corrected chi connectivity index (χ4v) is 4.35. The highest BCUT2D eigenvalue weighted by Gasteiger charge is 2.34. The monoisotopic (exact) mass is 359 g/mol. The zero-order valence-electron chi connectivity index (χ0n) is 14.1. The maximum Gasteiger partial charge on any atom is 0.254 e. The van der Waals surface area contributed by atoms with E-state index in [1.165, 1.54) is 4.88 Å². The molecule has 0 unspecified atom stereocenters. The number of thiophene rings is 1. The number of fused-ring (bicyclic) bond motifs is 3. The van der Waals surface area contributed by atoms with E-state index in [1.54, 1.807) is 17.4 Å². The van der Waals surface area contributed by atoms with Crippen molar-refractivity contribution in [2.24, 2.45) is 0 Å². The van der Waals surface area contributed by atoms with Gasteiger partial charge in [-0.25, -0.2) is 0 Å². The van der Waals surface area contributed by atoms with Gasteiger partial charge in [0.05, 0.1) is 6.54 Å². The van der Waals surface area contributed by atoms with Crippen molar-refractivity contribution >= 4 is 23.0 Å². The number of hydrogen-bond donors (Lipinski definition) is 0. The van der Waals surface area contributed by atoms with Crippen LogP contribution in [0.2, 0.25) is 0 Å². The SMILES string of the molecule is O=C1c2ccccc2-c2ccc(C(=O)N(Cc3cccs3)C3CC3)cc21. The molecule has 1 saturated carbocycles. The Balaban J connectivity index is 1.49. The number of nitrogens with zero attached hydrogens (tertiary/aromatic N) is 1. The molecule has 0 atom stereocenters. The van der Waals surface area contributed by atoms with E-state index in [0.717, 1.165) is 29.5 Å². The van der Waals surface area contributed by atoms with Gasteiger partial charge in [0, 0.05) is 27.6 Å². The summed E-state index contributed by atoms with van der Waals surface area (Å²) in [6.45, 7) is 0.645. The van der Waals surface area contributed by atoms with E-state index in [-0.39, 0.29) is 11.7 Å². The molecule has 2 aromatic carbocycles. The predicted molar refractivity (Wildman–Crippen MR) is 103 cm³/mol. The second kappa shape index (κ2) is 5.92. The fourth-order valence-electron chi connectivity index (χ4n) is 3.65. The lowest BCUT2D eigenvalue weighted by Crippen LogP contribution is -2.32. The van der Waals surface area contributed by atoms with Gasteiger partial charge in [-0.2, -0.15) is 0 Å². The first kappa shape index (κ1) is 15.5. The molecule has 4 heteroatoms. The molecule has 0 spiro atoms. The Morgan fingerprint density at radius 1 is 0.962 bits per heavy atom. The van der Waals surface area contributed by atoms with Gasteiger partial charge in [0.15, 0.2) is 5.78 Å². The zero-order valence-corrected chi connectivity index (χ0v) is 15.0. The summed E-state index contributed by atoms with van der Waals surface area (Å²) in [5.41, 5.74) is 3.87. The molecule has 1 aromatic heterocycles. The van der Waals surface area contributed by atoms with Crippen LogP contribution in [0.25, 0.3) is 11.1 Å². The Hall–Kier alpha value is -2.72. The molecule has 0 radical (unpaired) electrons. The van der Waals surface area contributed by atoms with Crippen LogP contribution in [0.3, 0.4) is 0 Å². The summed E-state index contributed by atoms with van der Waals surface area (Å²) in [4.78, 5) is 29.0. The van der Waals surface area contributed by atoms with Crippen LogP contribution in [0.4, 0.5) is 0 Å². The average Bonchev–Trinajstić information content (AvgIpc) is 3.32. The Labute approximate surface area is 155 Å². The number of benzene rings is 2. The van der Waals surface area contributed by atoms with E-state index in [0.29, 0.717) is 23.7 Å². The molecule has 3 nitrogen and oxygen atoms in total. The molecule has 2 aliphatic carbocycles. The number of carbonyl (C=O) groups is 2. The number of carbonyl (C=O) groups excluding carboxylic acids is 2. The summed E-state index contributed by atoms with van der Waals surface area (Å²) in [5.74, 6) is 0.0361. The van der Waals surface area contributed by atoms with Crippen molar-refractivity contribution in [3.63, 3.8) is 0 Å². The second-order valence-corrected chi connectivity index (χ2v) is 7.91. The lowest BCUT2D eigenvalue weighted by Gasteiger charge is -2.22. The first-order chi connectivity index (χ1) is 12.7. The summed E-state index contributed by atoms with van der Waals surface area (Å²) in [6.07, 6.45) is 2.12. The standard InChI is InChI=1S/C22H17NO2S/c24-21-19-6-2-1-5-17(19)18-10-7-14(12-20(18)21)22(25)23(15-8-9-15)13-16-4-3-11-26-16/h1-7,10-12,15H,8-9,13H2. The third kappa shape index (κ3) is 2.49. The number of ketones is 1. The third-order valence-electron chi connectivity index (χ3n) is 5.13. The van der Waals surface area contributed by atoms with E-state index in [2.05, 4.69) is 6.07 Å². The van der Waals surface area contributed by atoms with Gasteiger partial charge in [0.25, 0.3) is 5.91 Å². The highest BCUT2D eigenvalue weighted by atomic mass is 32.1. The normalized spacial score (nSPS) is 14.8. The first-order valence-electron chi connectivity index (χ1n) is 8.84. The van der Waals surface area contributed by atoms with Crippen molar-refractivity contribution in [3.8, 4) is 11.1 Å². The number of rotatable bonds is 4. The van der Waals surface area contributed by atoms with Gasteiger partial charge in [-0.1, -0.05) is 36.4 Å². The molecule has 2 aliphatic rings. The summed E-state index contributed by atoms with van der Waals surface area (Å²) in [6, 6.07) is 17.6. The van der Waals surface area contributed by atoms with Gasteiger partial charge in [-0.3, -0.25) is 9.59 Å². The molecule has 1 heterocycles. The summed E-state index contributed by atoms with van der Waals surface area (Å²) in [5, 5.41) is 2.04. The average molecular weight is 359 g/mol. The summed E-state index contributed by atoms with van der Waals surface area (Å²) < 4.78 is 0. The smallest absolute Gasteiger partial charge is 0.254 e. The van der Waals surface area contributed by atoms with Crippen molar-refractivity contribution < 1.29 is 9.59 Å². The second-order valence-electron chi connectivity index (χ2n) is 6.88. The maximum absolute atomic E-state index is 13.2. The molecule has 0 saturated heterocycles. The minimum Gasteiger partial charge on any atom is -0.331 e. The van der Waals surface area contributed by atoms with Crippen molar-refractivity contribution in [3.05, 3.63) is 81.5 Å². The van der Waals surface area contributed by atoms with Crippen LogP contribution >= 0.6 is 11.3 Å². The Morgan fingerprint density at radius 3 is 2.46 bits per heavy atom. The van der Waals surface area contributed by atoms with Crippen LogP contribution in [0.5, 0.6) is 0 Å². The van der Waals surface area contributed by atoms with E-state index >= 15 is 0 Å². The lowest BCUT2D eigenvalue weighted by atomic mass is 10.0. The van der Waals surface area contributed by atoms with Crippen molar-refractivity contribution in [1.82, 2.24) is 4.90 Å². The minimum absolute atomic E-state index is 0.0153. The van der Waals surface area contributed by atoms with Crippen LogP contribution in [0.1, 0.15) is 44.0 Å². The Bertz CT molecular complexity index is 1020. The zero-order chi connectivity index (χ0) is 17.7. The van der Waals surface area contributed by atoms with Crippen molar-refractivity contribution in [2.75, 3.05) is 0 Å². The summed E-state index contributed by atoms with van der Waals surface area (Å²) in [7, 11) is 0. The van der Waals surface area contributed by atoms with E-state index in [1.807, 2.05) is 52.7 Å². The van der Waals surface area contributed by atoms with Gasteiger partial charge in [0.1, 0.15) is 0 Å². The largest absolute Gasteiger partial charge is 0.331 e. The number of amides is 1. The van der Waals surface area contributed by atoms with Crippen LogP contribution < -0.4 is 0 Å². The van der Waals surface area contributed by atoms with Crippen LogP contribution in [-0.2, 0) is 6.54 Å². The number of hydrogen-bond acceptors (Lipinski definition) is 3. The van der Waals surface area contributed by atoms with Crippen LogP contribution in [0.15, 0.2) is 60.0 Å². The van der Waals surface area contributed by atoms with Crippen molar-refractivity contribution in [2.45, 2.75) is 25.4 Å². The molecule has 0 aliphatic heterocycles. The fraction of sp³-hybridized carbons (Fsp3) is 0.182. The predicted octanol–water partition coefficient (Wildman–Crippen LogP) is 4.76. The van der Waals surface area contributed by atoms with Gasteiger partial charge < -0.3 is 4.90 Å². The first-order valence-corrected chi connectivity index (χ1v) is 9.72. The van der Waals surface area contributed by atoms with Gasteiger partial charge in [0.2, 0.25) is 0 Å². The van der Waals surface area contributed by atoms with E-state index < -0.39 is 0 Å². The molecule has 0 bridgehead atoms. The summed E-state index contributed by atoms with van der Waals surface area (Å²) >= 11 is 1.67. The van der Waals surface area contributed by atoms with Crippen LogP contribution in [0, 0.1) is 0 Å². The van der Waals surface area contributed by atoms with E-state index in [9.17, 15) is 9.59 Å². The maximum atomic E-state index is 13.2. The molecule has 26 heavy (non-hydrogen) atoms. The minimum atomic E-state index is 0.0153.